The summed E-state index contributed by atoms with van der Waals surface area (Å²) in [5.41, 5.74) is 3.81. The fourth-order valence-corrected chi connectivity index (χ4v) is 2.14. The molecule has 3 nitrogen and oxygen atoms in total. The Hall–Kier alpha value is -2.00. The minimum absolute atomic E-state index is 0.0753. The van der Waals surface area contributed by atoms with Gasteiger partial charge in [0.1, 0.15) is 0 Å². The minimum atomic E-state index is -0.0753. The number of hydrogen-bond acceptors (Lipinski definition) is 2. The van der Waals surface area contributed by atoms with E-state index in [2.05, 4.69) is 10.6 Å². The quantitative estimate of drug-likeness (QED) is 0.892. The number of anilines is 2. The number of amides is 1. The van der Waals surface area contributed by atoms with Gasteiger partial charge in [0.05, 0.1) is 6.54 Å². The van der Waals surface area contributed by atoms with E-state index in [1.54, 1.807) is 6.07 Å². The van der Waals surface area contributed by atoms with Crippen molar-refractivity contribution < 1.29 is 4.79 Å². The summed E-state index contributed by atoms with van der Waals surface area (Å²) in [6.07, 6.45) is 0. The first kappa shape index (κ1) is 14.4. The summed E-state index contributed by atoms with van der Waals surface area (Å²) in [7, 11) is 0. The van der Waals surface area contributed by atoms with Crippen LogP contribution in [-0.2, 0) is 4.79 Å². The Morgan fingerprint density at radius 3 is 2.50 bits per heavy atom. The second-order valence-electron chi connectivity index (χ2n) is 4.68. The summed E-state index contributed by atoms with van der Waals surface area (Å²) in [6.45, 7) is 4.14. The Kier molecular flexibility index (Phi) is 4.64. The van der Waals surface area contributed by atoms with Gasteiger partial charge in [-0.05, 0) is 49.2 Å². The molecule has 2 aromatic carbocycles. The summed E-state index contributed by atoms with van der Waals surface area (Å²) < 4.78 is 0. The van der Waals surface area contributed by atoms with Gasteiger partial charge in [-0.3, -0.25) is 4.79 Å². The molecular weight excluding hydrogens is 272 g/mol. The van der Waals surface area contributed by atoms with Crippen LogP contribution in [0.1, 0.15) is 11.1 Å². The number of carbonyl (C=O) groups excluding carboxylic acids is 1. The number of nitrogens with one attached hydrogen (secondary N) is 2. The molecule has 2 rings (SSSR count). The van der Waals surface area contributed by atoms with Gasteiger partial charge in [-0.15, -0.1) is 0 Å². The largest absolute Gasteiger partial charge is 0.376 e. The van der Waals surface area contributed by atoms with Crippen molar-refractivity contribution in [3.05, 3.63) is 58.6 Å². The number of halogens is 1. The van der Waals surface area contributed by atoms with Crippen LogP contribution in [0.4, 0.5) is 11.4 Å². The molecule has 0 aliphatic carbocycles. The van der Waals surface area contributed by atoms with Crippen LogP contribution in [0.15, 0.2) is 42.5 Å². The summed E-state index contributed by atoms with van der Waals surface area (Å²) >= 11 is 5.90. The Bertz CT molecular complexity index is 626. The predicted molar refractivity (Wildman–Crippen MR) is 84.5 cm³/mol. The van der Waals surface area contributed by atoms with E-state index in [1.165, 1.54) is 0 Å². The Balaban J connectivity index is 1.94. The molecule has 0 bridgehead atoms. The van der Waals surface area contributed by atoms with E-state index in [0.29, 0.717) is 5.02 Å². The Morgan fingerprint density at radius 2 is 1.80 bits per heavy atom. The van der Waals surface area contributed by atoms with Gasteiger partial charge in [0.25, 0.3) is 0 Å². The maximum absolute atomic E-state index is 11.9. The van der Waals surface area contributed by atoms with E-state index in [1.807, 2.05) is 50.2 Å². The lowest BCUT2D eigenvalue weighted by molar-refractivity contribution is -0.114. The third-order valence-corrected chi connectivity index (χ3v) is 3.28. The molecule has 104 valence electrons. The zero-order chi connectivity index (χ0) is 14.5. The van der Waals surface area contributed by atoms with Crippen molar-refractivity contribution in [2.24, 2.45) is 0 Å². The highest BCUT2D eigenvalue weighted by Gasteiger charge is 2.05. The van der Waals surface area contributed by atoms with Crippen LogP contribution in [0, 0.1) is 13.8 Å². The van der Waals surface area contributed by atoms with Crippen LogP contribution in [0.2, 0.25) is 5.02 Å². The monoisotopic (exact) mass is 288 g/mol. The topological polar surface area (TPSA) is 41.1 Å². The van der Waals surface area contributed by atoms with Gasteiger partial charge in [-0.2, -0.15) is 0 Å². The van der Waals surface area contributed by atoms with E-state index >= 15 is 0 Å². The molecule has 0 atom stereocenters. The van der Waals surface area contributed by atoms with Crippen molar-refractivity contribution in [1.82, 2.24) is 0 Å². The second-order valence-corrected chi connectivity index (χ2v) is 5.11. The van der Waals surface area contributed by atoms with E-state index < -0.39 is 0 Å². The van der Waals surface area contributed by atoms with Gasteiger partial charge in [-0.25, -0.2) is 0 Å². The fourth-order valence-electron chi connectivity index (χ4n) is 1.91. The molecule has 4 heteroatoms. The van der Waals surface area contributed by atoms with Gasteiger partial charge >= 0.3 is 0 Å². The first-order chi connectivity index (χ1) is 9.56. The fraction of sp³-hybridized carbons (Fsp3) is 0.188. The first-order valence-electron chi connectivity index (χ1n) is 6.42. The number of aryl methyl sites for hydroxylation is 2. The van der Waals surface area contributed by atoms with Crippen LogP contribution < -0.4 is 10.6 Å². The van der Waals surface area contributed by atoms with Crippen molar-refractivity contribution in [3.63, 3.8) is 0 Å². The number of rotatable bonds is 4. The summed E-state index contributed by atoms with van der Waals surface area (Å²) in [5, 5.41) is 6.68. The lowest BCUT2D eigenvalue weighted by Crippen LogP contribution is -2.22. The molecule has 0 aromatic heterocycles. The van der Waals surface area contributed by atoms with Gasteiger partial charge in [0, 0.05) is 16.4 Å². The molecule has 20 heavy (non-hydrogen) atoms. The van der Waals surface area contributed by atoms with Crippen molar-refractivity contribution in [3.8, 4) is 0 Å². The smallest absolute Gasteiger partial charge is 0.243 e. The highest BCUT2D eigenvalue weighted by atomic mass is 35.5. The highest BCUT2D eigenvalue weighted by Crippen LogP contribution is 2.19. The summed E-state index contributed by atoms with van der Waals surface area (Å²) in [4.78, 5) is 11.9. The highest BCUT2D eigenvalue weighted by molar-refractivity contribution is 6.30. The molecular formula is C16H17ClN2O. The van der Waals surface area contributed by atoms with Gasteiger partial charge in [-0.1, -0.05) is 29.8 Å². The van der Waals surface area contributed by atoms with Crippen molar-refractivity contribution in [2.75, 3.05) is 17.2 Å². The molecule has 0 radical (unpaired) electrons. The molecule has 0 saturated carbocycles. The number of benzene rings is 2. The molecule has 0 heterocycles. The zero-order valence-electron chi connectivity index (χ0n) is 11.5. The molecule has 0 aliphatic rings. The van der Waals surface area contributed by atoms with Gasteiger partial charge in [0.2, 0.25) is 5.91 Å². The average Bonchev–Trinajstić information content (AvgIpc) is 2.40. The molecule has 2 N–H and O–H groups in total. The van der Waals surface area contributed by atoms with Crippen molar-refractivity contribution in [1.29, 1.82) is 0 Å². The SMILES string of the molecule is Cc1cc(Cl)ccc1NCC(=O)Nc1ccccc1C. The third-order valence-electron chi connectivity index (χ3n) is 3.05. The van der Waals surface area contributed by atoms with Crippen LogP contribution in [-0.4, -0.2) is 12.5 Å². The second kappa shape index (κ2) is 6.44. The van der Waals surface area contributed by atoms with E-state index in [0.717, 1.165) is 22.5 Å². The number of carbonyl (C=O) groups is 1. The maximum Gasteiger partial charge on any atom is 0.243 e. The van der Waals surface area contributed by atoms with Crippen molar-refractivity contribution >= 4 is 28.9 Å². The minimum Gasteiger partial charge on any atom is -0.376 e. The normalized spacial score (nSPS) is 10.2. The van der Waals surface area contributed by atoms with Crippen LogP contribution in [0.3, 0.4) is 0 Å². The van der Waals surface area contributed by atoms with Crippen molar-refractivity contribution in [2.45, 2.75) is 13.8 Å². The molecule has 0 spiro atoms. The Morgan fingerprint density at radius 1 is 1.05 bits per heavy atom. The molecule has 1 amide bonds. The van der Waals surface area contributed by atoms with Crippen LogP contribution >= 0.6 is 11.6 Å². The van der Waals surface area contributed by atoms with Crippen LogP contribution in [0.5, 0.6) is 0 Å². The molecule has 0 saturated heterocycles. The zero-order valence-corrected chi connectivity index (χ0v) is 12.3. The molecule has 2 aromatic rings. The first-order valence-corrected chi connectivity index (χ1v) is 6.79. The summed E-state index contributed by atoms with van der Waals surface area (Å²) in [6, 6.07) is 13.2. The molecule has 0 aliphatic heterocycles. The predicted octanol–water partition coefficient (Wildman–Crippen LogP) is 4.01. The van der Waals surface area contributed by atoms with E-state index in [-0.39, 0.29) is 12.5 Å². The Labute approximate surface area is 124 Å². The lowest BCUT2D eigenvalue weighted by Gasteiger charge is -2.11. The summed E-state index contributed by atoms with van der Waals surface area (Å²) in [5.74, 6) is -0.0753. The maximum atomic E-state index is 11.9. The standard InChI is InChI=1S/C16H17ClN2O/c1-11-5-3-4-6-15(11)19-16(20)10-18-14-8-7-13(17)9-12(14)2/h3-9,18H,10H2,1-2H3,(H,19,20). The van der Waals surface area contributed by atoms with Gasteiger partial charge in [0.15, 0.2) is 0 Å². The number of para-hydroxylation sites is 1. The average molecular weight is 289 g/mol. The third kappa shape index (κ3) is 3.75. The number of hydrogen-bond donors (Lipinski definition) is 2. The lowest BCUT2D eigenvalue weighted by atomic mass is 10.2. The van der Waals surface area contributed by atoms with Gasteiger partial charge < -0.3 is 10.6 Å². The van der Waals surface area contributed by atoms with E-state index in [4.69, 9.17) is 11.6 Å². The van der Waals surface area contributed by atoms with Crippen LogP contribution in [0.25, 0.3) is 0 Å². The molecule has 0 fully saturated rings. The van der Waals surface area contributed by atoms with E-state index in [9.17, 15) is 4.79 Å². The molecule has 0 unspecified atom stereocenters.